The van der Waals surface area contributed by atoms with E-state index < -0.39 is 5.97 Å². The molecule has 0 radical (unpaired) electrons. The number of pyridine rings is 1. The Labute approximate surface area is 162 Å². The number of carboxylic acid groups (broad SMARTS) is 1. The topological polar surface area (TPSA) is 87.2 Å². The van der Waals surface area contributed by atoms with Crippen LogP contribution in [0, 0.1) is 0 Å². The van der Waals surface area contributed by atoms with E-state index in [0.717, 1.165) is 37.7 Å². The first-order chi connectivity index (χ1) is 13.1. The number of aliphatic carboxylic acids is 1. The molecule has 0 aliphatic rings. The van der Waals surface area contributed by atoms with Crippen LogP contribution in [0.1, 0.15) is 95.5 Å². The summed E-state index contributed by atoms with van der Waals surface area (Å²) in [6.07, 6.45) is 16.6. The molecule has 0 aromatic carbocycles. The van der Waals surface area contributed by atoms with Gasteiger partial charge < -0.3 is 10.1 Å². The van der Waals surface area contributed by atoms with Crippen molar-refractivity contribution in [1.29, 1.82) is 0 Å². The molecule has 0 bridgehead atoms. The van der Waals surface area contributed by atoms with E-state index in [4.69, 9.17) is 5.11 Å². The molecule has 0 spiro atoms. The fourth-order valence-corrected chi connectivity index (χ4v) is 3.28. The minimum absolute atomic E-state index is 0.154. The van der Waals surface area contributed by atoms with E-state index in [-0.39, 0.29) is 11.3 Å². The second-order valence-electron chi connectivity index (χ2n) is 7.41. The number of ketones is 1. The minimum atomic E-state index is -0.688. The zero-order valence-corrected chi connectivity index (χ0v) is 16.5. The highest BCUT2D eigenvalue weighted by molar-refractivity contribution is 5.80. The molecule has 0 unspecified atom stereocenters. The van der Waals surface area contributed by atoms with Crippen molar-refractivity contribution in [1.82, 2.24) is 4.98 Å². The number of unbranched alkanes of at least 4 members (excludes halogenated alkanes) is 11. The van der Waals surface area contributed by atoms with Crippen molar-refractivity contribution in [2.24, 2.45) is 0 Å². The molecule has 0 amide bonds. The van der Waals surface area contributed by atoms with Gasteiger partial charge in [0.25, 0.3) is 0 Å². The number of H-pyrrole nitrogens is 1. The SMILES string of the molecule is O=C(O)CCCCCCCCCCCCCCC(=O)Cc1cc[nH]c(=O)c1. The minimum Gasteiger partial charge on any atom is -0.481 e. The number of aromatic amines is 1. The zero-order chi connectivity index (χ0) is 19.7. The first-order valence-electron chi connectivity index (χ1n) is 10.5. The third kappa shape index (κ3) is 13.9. The summed E-state index contributed by atoms with van der Waals surface area (Å²) < 4.78 is 0. The van der Waals surface area contributed by atoms with Gasteiger partial charge in [-0.05, 0) is 24.5 Å². The van der Waals surface area contributed by atoms with E-state index in [1.807, 2.05) is 0 Å². The lowest BCUT2D eigenvalue weighted by atomic mass is 10.0. The summed E-state index contributed by atoms with van der Waals surface area (Å²) >= 11 is 0. The second kappa shape index (κ2) is 15.2. The molecule has 27 heavy (non-hydrogen) atoms. The van der Waals surface area contributed by atoms with Gasteiger partial charge in [-0.3, -0.25) is 14.4 Å². The van der Waals surface area contributed by atoms with Gasteiger partial charge in [0.15, 0.2) is 0 Å². The summed E-state index contributed by atoms with van der Waals surface area (Å²) in [5.74, 6) is -0.476. The zero-order valence-electron chi connectivity index (χ0n) is 16.5. The number of carbonyl (C=O) groups excluding carboxylic acids is 1. The summed E-state index contributed by atoms with van der Waals surface area (Å²) in [4.78, 5) is 36.1. The Balaban J connectivity index is 1.84. The molecule has 0 fully saturated rings. The van der Waals surface area contributed by atoms with E-state index in [9.17, 15) is 14.4 Å². The Morgan fingerprint density at radius 2 is 1.26 bits per heavy atom. The fourth-order valence-electron chi connectivity index (χ4n) is 3.28. The van der Waals surface area contributed by atoms with Crippen LogP contribution in [0.15, 0.2) is 23.1 Å². The monoisotopic (exact) mass is 377 g/mol. The van der Waals surface area contributed by atoms with Gasteiger partial charge in [-0.15, -0.1) is 0 Å². The van der Waals surface area contributed by atoms with Gasteiger partial charge in [0.2, 0.25) is 5.56 Å². The molecular formula is C22H35NO4. The van der Waals surface area contributed by atoms with Crippen LogP contribution in [0.3, 0.4) is 0 Å². The third-order valence-corrected chi connectivity index (χ3v) is 4.84. The van der Waals surface area contributed by atoms with Crippen LogP contribution in [0.2, 0.25) is 0 Å². The van der Waals surface area contributed by atoms with Crippen molar-refractivity contribution in [2.75, 3.05) is 0 Å². The van der Waals surface area contributed by atoms with E-state index in [2.05, 4.69) is 4.98 Å². The van der Waals surface area contributed by atoms with Crippen molar-refractivity contribution < 1.29 is 14.7 Å². The van der Waals surface area contributed by atoms with Crippen molar-refractivity contribution in [3.63, 3.8) is 0 Å². The molecule has 1 aromatic rings. The van der Waals surface area contributed by atoms with Gasteiger partial charge in [-0.2, -0.15) is 0 Å². The van der Waals surface area contributed by atoms with Crippen molar-refractivity contribution in [3.8, 4) is 0 Å². The lowest BCUT2D eigenvalue weighted by Gasteiger charge is -2.03. The number of carbonyl (C=O) groups is 2. The predicted octanol–water partition coefficient (Wildman–Crippen LogP) is 5.03. The maximum atomic E-state index is 11.9. The average Bonchev–Trinajstić information content (AvgIpc) is 2.61. The average molecular weight is 378 g/mol. The number of hydrogen-bond donors (Lipinski definition) is 2. The van der Waals surface area contributed by atoms with Gasteiger partial charge in [-0.1, -0.05) is 64.2 Å². The molecule has 0 atom stereocenters. The summed E-state index contributed by atoms with van der Waals surface area (Å²) in [6.45, 7) is 0. The summed E-state index contributed by atoms with van der Waals surface area (Å²) in [5, 5.41) is 8.56. The molecule has 5 heteroatoms. The highest BCUT2D eigenvalue weighted by atomic mass is 16.4. The van der Waals surface area contributed by atoms with Crippen molar-refractivity contribution in [2.45, 2.75) is 96.3 Å². The number of carboxylic acids is 1. The lowest BCUT2D eigenvalue weighted by Crippen LogP contribution is -2.08. The molecule has 0 aliphatic carbocycles. The fraction of sp³-hybridized carbons (Fsp3) is 0.682. The Morgan fingerprint density at radius 3 is 1.74 bits per heavy atom. The van der Waals surface area contributed by atoms with Gasteiger partial charge in [-0.25, -0.2) is 0 Å². The molecule has 0 aliphatic heterocycles. The van der Waals surface area contributed by atoms with Crippen LogP contribution in [0.5, 0.6) is 0 Å². The van der Waals surface area contributed by atoms with Crippen LogP contribution < -0.4 is 5.56 Å². The summed E-state index contributed by atoms with van der Waals surface area (Å²) in [7, 11) is 0. The first-order valence-corrected chi connectivity index (χ1v) is 10.5. The van der Waals surface area contributed by atoms with Crippen LogP contribution in [0.4, 0.5) is 0 Å². The number of aromatic nitrogens is 1. The van der Waals surface area contributed by atoms with Crippen molar-refractivity contribution >= 4 is 11.8 Å². The normalized spacial score (nSPS) is 10.8. The van der Waals surface area contributed by atoms with Crippen LogP contribution in [-0.2, 0) is 16.0 Å². The number of Topliss-reactive ketones (excluding diaryl/α,β-unsaturated/α-hetero) is 1. The van der Waals surface area contributed by atoms with Crippen LogP contribution >= 0.6 is 0 Å². The molecule has 2 N–H and O–H groups in total. The van der Waals surface area contributed by atoms with Gasteiger partial charge in [0.1, 0.15) is 5.78 Å². The maximum Gasteiger partial charge on any atom is 0.303 e. The third-order valence-electron chi connectivity index (χ3n) is 4.84. The molecule has 1 heterocycles. The van der Waals surface area contributed by atoms with Gasteiger partial charge in [0, 0.05) is 31.5 Å². The second-order valence-corrected chi connectivity index (χ2v) is 7.41. The maximum absolute atomic E-state index is 11.9. The van der Waals surface area contributed by atoms with Crippen LogP contribution in [-0.4, -0.2) is 21.8 Å². The highest BCUT2D eigenvalue weighted by Gasteiger charge is 2.04. The Kier molecular flexibility index (Phi) is 13.0. The van der Waals surface area contributed by atoms with Crippen LogP contribution in [0.25, 0.3) is 0 Å². The number of hydrogen-bond acceptors (Lipinski definition) is 3. The highest BCUT2D eigenvalue weighted by Crippen LogP contribution is 2.13. The van der Waals surface area contributed by atoms with E-state index in [0.29, 0.717) is 19.3 Å². The number of nitrogens with one attached hydrogen (secondary N) is 1. The summed E-state index contributed by atoms with van der Waals surface area (Å²) in [5.41, 5.74) is 0.643. The molecule has 5 nitrogen and oxygen atoms in total. The van der Waals surface area contributed by atoms with Gasteiger partial charge in [0.05, 0.1) is 0 Å². The first kappa shape index (κ1) is 23.1. The molecule has 1 aromatic heterocycles. The van der Waals surface area contributed by atoms with E-state index in [1.54, 1.807) is 12.3 Å². The predicted molar refractivity (Wildman–Crippen MR) is 108 cm³/mol. The summed E-state index contributed by atoms with van der Waals surface area (Å²) in [6, 6.07) is 3.28. The van der Waals surface area contributed by atoms with E-state index in [1.165, 1.54) is 51.0 Å². The van der Waals surface area contributed by atoms with Crippen molar-refractivity contribution in [3.05, 3.63) is 34.2 Å². The van der Waals surface area contributed by atoms with E-state index >= 15 is 0 Å². The molecular weight excluding hydrogens is 342 g/mol. The Bertz CT molecular complexity index is 594. The lowest BCUT2D eigenvalue weighted by molar-refractivity contribution is -0.137. The standard InChI is InChI=1S/C22H35NO4/c24-20(17-19-15-16-23-21(25)18-19)13-11-9-7-5-3-1-2-4-6-8-10-12-14-22(26)27/h15-16,18H,1-14,17H2,(H,23,25)(H,26,27). The molecule has 1 rings (SSSR count). The largest absolute Gasteiger partial charge is 0.481 e. The smallest absolute Gasteiger partial charge is 0.303 e. The van der Waals surface area contributed by atoms with Gasteiger partial charge >= 0.3 is 5.97 Å². The Morgan fingerprint density at radius 1 is 0.778 bits per heavy atom. The Hall–Kier alpha value is -1.91. The molecule has 0 saturated carbocycles. The number of rotatable bonds is 17. The molecule has 0 saturated heterocycles. The quantitative estimate of drug-likeness (QED) is 0.373. The molecule has 152 valence electrons.